The Morgan fingerprint density at radius 1 is 0.958 bits per heavy atom. The van der Waals surface area contributed by atoms with Gasteiger partial charge in [0.1, 0.15) is 0 Å². The molecule has 1 fully saturated rings. The van der Waals surface area contributed by atoms with E-state index in [0.717, 1.165) is 25.9 Å². The maximum atomic E-state index is 12.6. The molecular formula is C18H16Cl2N2O2. The van der Waals surface area contributed by atoms with Crippen LogP contribution in [0.15, 0.2) is 42.5 Å². The van der Waals surface area contributed by atoms with Crippen LogP contribution >= 0.6 is 23.2 Å². The van der Waals surface area contributed by atoms with E-state index in [-0.39, 0.29) is 11.8 Å². The second-order valence-electron chi connectivity index (χ2n) is 5.63. The second-order valence-corrected chi connectivity index (χ2v) is 6.44. The molecule has 6 heteroatoms. The molecular weight excluding hydrogens is 347 g/mol. The Labute approximate surface area is 150 Å². The predicted octanol–water partition coefficient (Wildman–Crippen LogP) is 4.48. The number of carbonyl (C=O) groups is 2. The highest BCUT2D eigenvalue weighted by Crippen LogP contribution is 2.24. The first-order valence-corrected chi connectivity index (χ1v) is 8.46. The number of hydrogen-bond acceptors (Lipinski definition) is 2. The van der Waals surface area contributed by atoms with Gasteiger partial charge in [-0.2, -0.15) is 0 Å². The van der Waals surface area contributed by atoms with Gasteiger partial charge in [-0.15, -0.1) is 0 Å². The van der Waals surface area contributed by atoms with Crippen molar-refractivity contribution < 1.29 is 9.59 Å². The van der Waals surface area contributed by atoms with E-state index >= 15 is 0 Å². The van der Waals surface area contributed by atoms with Gasteiger partial charge in [0.25, 0.3) is 11.8 Å². The zero-order valence-electron chi connectivity index (χ0n) is 12.9. The van der Waals surface area contributed by atoms with Gasteiger partial charge in [-0.05, 0) is 43.2 Å². The molecule has 2 amide bonds. The van der Waals surface area contributed by atoms with Crippen molar-refractivity contribution in [3.63, 3.8) is 0 Å². The maximum absolute atomic E-state index is 12.6. The number of carbonyl (C=O) groups excluding carboxylic acids is 2. The lowest BCUT2D eigenvalue weighted by atomic mass is 10.1. The van der Waals surface area contributed by atoms with Crippen LogP contribution < -0.4 is 5.32 Å². The van der Waals surface area contributed by atoms with Gasteiger partial charge in [0.15, 0.2) is 0 Å². The topological polar surface area (TPSA) is 49.4 Å². The Hall–Kier alpha value is -2.04. The number of anilines is 1. The van der Waals surface area contributed by atoms with Crippen LogP contribution in [0.1, 0.15) is 33.6 Å². The molecule has 1 N–H and O–H groups in total. The Morgan fingerprint density at radius 2 is 1.67 bits per heavy atom. The van der Waals surface area contributed by atoms with Crippen LogP contribution in [0.25, 0.3) is 0 Å². The average molecular weight is 363 g/mol. The molecule has 0 spiro atoms. The number of hydrogen-bond donors (Lipinski definition) is 1. The van der Waals surface area contributed by atoms with Gasteiger partial charge >= 0.3 is 0 Å². The van der Waals surface area contributed by atoms with E-state index in [1.54, 1.807) is 36.4 Å². The molecule has 0 atom stereocenters. The van der Waals surface area contributed by atoms with Crippen molar-refractivity contribution in [2.75, 3.05) is 18.4 Å². The quantitative estimate of drug-likeness (QED) is 0.874. The van der Waals surface area contributed by atoms with Gasteiger partial charge < -0.3 is 10.2 Å². The van der Waals surface area contributed by atoms with Crippen LogP contribution in [0.5, 0.6) is 0 Å². The fourth-order valence-corrected chi connectivity index (χ4v) is 3.00. The summed E-state index contributed by atoms with van der Waals surface area (Å²) in [5, 5.41) is 3.49. The molecule has 124 valence electrons. The molecule has 0 saturated carbocycles. The SMILES string of the molecule is O=C(Nc1ccccc1C(=O)N1CCCC1)c1ccc(Cl)c(Cl)c1. The summed E-state index contributed by atoms with van der Waals surface area (Å²) in [5.41, 5.74) is 1.37. The third-order valence-corrected chi connectivity index (χ3v) is 4.72. The van der Waals surface area contributed by atoms with Crippen molar-refractivity contribution in [2.24, 2.45) is 0 Å². The number of benzene rings is 2. The Bertz CT molecular complexity index is 786. The van der Waals surface area contributed by atoms with Crippen LogP contribution in [0.4, 0.5) is 5.69 Å². The van der Waals surface area contributed by atoms with Gasteiger partial charge in [-0.3, -0.25) is 9.59 Å². The van der Waals surface area contributed by atoms with Gasteiger partial charge in [0, 0.05) is 18.7 Å². The van der Waals surface area contributed by atoms with Crippen molar-refractivity contribution in [2.45, 2.75) is 12.8 Å². The second kappa shape index (κ2) is 7.24. The molecule has 1 heterocycles. The summed E-state index contributed by atoms with van der Waals surface area (Å²) in [7, 11) is 0. The molecule has 24 heavy (non-hydrogen) atoms. The molecule has 0 aliphatic carbocycles. The van der Waals surface area contributed by atoms with Crippen molar-refractivity contribution >= 4 is 40.7 Å². The Balaban J connectivity index is 1.83. The fraction of sp³-hybridized carbons (Fsp3) is 0.222. The number of rotatable bonds is 3. The highest BCUT2D eigenvalue weighted by Gasteiger charge is 2.22. The zero-order chi connectivity index (χ0) is 17.1. The van der Waals surface area contributed by atoms with Crippen LogP contribution in [0, 0.1) is 0 Å². The number of nitrogens with one attached hydrogen (secondary N) is 1. The van der Waals surface area contributed by atoms with Crippen LogP contribution in [0.2, 0.25) is 10.0 Å². The average Bonchev–Trinajstić information content (AvgIpc) is 3.11. The van der Waals surface area contributed by atoms with Gasteiger partial charge in [-0.25, -0.2) is 0 Å². The highest BCUT2D eigenvalue weighted by molar-refractivity contribution is 6.42. The first-order chi connectivity index (χ1) is 11.6. The third kappa shape index (κ3) is 3.55. The molecule has 0 aromatic heterocycles. The normalized spacial score (nSPS) is 13.8. The van der Waals surface area contributed by atoms with Crippen molar-refractivity contribution in [3.05, 3.63) is 63.6 Å². The van der Waals surface area contributed by atoms with Gasteiger partial charge in [0.05, 0.1) is 21.3 Å². The minimum atomic E-state index is -0.338. The smallest absolute Gasteiger partial charge is 0.255 e. The number of amides is 2. The summed E-state index contributed by atoms with van der Waals surface area (Å²) in [6, 6.07) is 11.7. The highest BCUT2D eigenvalue weighted by atomic mass is 35.5. The van der Waals surface area contributed by atoms with E-state index in [0.29, 0.717) is 26.9 Å². The molecule has 4 nitrogen and oxygen atoms in total. The van der Waals surface area contributed by atoms with Crippen molar-refractivity contribution in [1.82, 2.24) is 4.90 Å². The zero-order valence-corrected chi connectivity index (χ0v) is 14.4. The van der Waals surface area contributed by atoms with E-state index in [1.807, 2.05) is 4.90 Å². The number of halogens is 2. The molecule has 3 rings (SSSR count). The first kappa shape index (κ1) is 16.8. The minimum absolute atomic E-state index is 0.0578. The summed E-state index contributed by atoms with van der Waals surface area (Å²) < 4.78 is 0. The molecule has 0 radical (unpaired) electrons. The number of likely N-dealkylation sites (tertiary alicyclic amines) is 1. The van der Waals surface area contributed by atoms with Gasteiger partial charge in [-0.1, -0.05) is 35.3 Å². The van der Waals surface area contributed by atoms with Crippen LogP contribution in [0.3, 0.4) is 0 Å². The molecule has 0 unspecified atom stereocenters. The molecule has 2 aromatic carbocycles. The summed E-state index contributed by atoms with van der Waals surface area (Å²) in [6.45, 7) is 1.52. The van der Waals surface area contributed by atoms with E-state index in [2.05, 4.69) is 5.32 Å². The summed E-state index contributed by atoms with van der Waals surface area (Å²) in [6.07, 6.45) is 2.03. The Kier molecular flexibility index (Phi) is 5.07. The lowest BCUT2D eigenvalue weighted by molar-refractivity contribution is 0.0794. The van der Waals surface area contributed by atoms with Crippen LogP contribution in [-0.4, -0.2) is 29.8 Å². The largest absolute Gasteiger partial charge is 0.339 e. The van der Waals surface area contributed by atoms with Crippen molar-refractivity contribution in [1.29, 1.82) is 0 Å². The monoisotopic (exact) mass is 362 g/mol. The van der Waals surface area contributed by atoms with E-state index in [1.165, 1.54) is 6.07 Å². The lowest BCUT2D eigenvalue weighted by Gasteiger charge is -2.18. The lowest BCUT2D eigenvalue weighted by Crippen LogP contribution is -2.28. The Morgan fingerprint density at radius 3 is 2.38 bits per heavy atom. The third-order valence-electron chi connectivity index (χ3n) is 3.98. The molecule has 2 aromatic rings. The van der Waals surface area contributed by atoms with Crippen LogP contribution in [-0.2, 0) is 0 Å². The standard InChI is InChI=1S/C18H16Cl2N2O2/c19-14-8-7-12(11-15(14)20)17(23)21-16-6-2-1-5-13(16)18(24)22-9-3-4-10-22/h1-2,5-8,11H,3-4,9-10H2,(H,21,23). The molecule has 1 saturated heterocycles. The summed E-state index contributed by atoms with van der Waals surface area (Å²) in [4.78, 5) is 26.9. The van der Waals surface area contributed by atoms with Gasteiger partial charge in [0.2, 0.25) is 0 Å². The predicted molar refractivity (Wildman–Crippen MR) is 96.0 cm³/mol. The van der Waals surface area contributed by atoms with E-state index < -0.39 is 0 Å². The molecule has 0 bridgehead atoms. The first-order valence-electron chi connectivity index (χ1n) is 7.71. The fourth-order valence-electron chi connectivity index (χ4n) is 2.70. The number of nitrogens with zero attached hydrogens (tertiary/aromatic N) is 1. The van der Waals surface area contributed by atoms with E-state index in [4.69, 9.17) is 23.2 Å². The minimum Gasteiger partial charge on any atom is -0.339 e. The molecule has 1 aliphatic rings. The molecule has 1 aliphatic heterocycles. The summed E-state index contributed by atoms with van der Waals surface area (Å²) in [5.74, 6) is -0.396. The number of para-hydroxylation sites is 1. The summed E-state index contributed by atoms with van der Waals surface area (Å²) >= 11 is 11.8. The maximum Gasteiger partial charge on any atom is 0.255 e. The van der Waals surface area contributed by atoms with E-state index in [9.17, 15) is 9.59 Å². The van der Waals surface area contributed by atoms with Crippen molar-refractivity contribution in [3.8, 4) is 0 Å².